The van der Waals surface area contributed by atoms with Gasteiger partial charge in [0, 0.05) is 5.30 Å². The van der Waals surface area contributed by atoms with Gasteiger partial charge in [0.05, 0.1) is 6.61 Å². The van der Waals surface area contributed by atoms with Crippen LogP contribution >= 0.6 is 7.37 Å². The number of aryl methyl sites for hydroxylation is 1. The van der Waals surface area contributed by atoms with Crippen LogP contribution in [0, 0.1) is 6.92 Å². The van der Waals surface area contributed by atoms with Crippen molar-refractivity contribution in [3.63, 3.8) is 0 Å². The number of alkyl carbamates (subject to hydrolysis) is 1. The third-order valence-electron chi connectivity index (χ3n) is 5.69. The molecule has 0 fully saturated rings. The van der Waals surface area contributed by atoms with Gasteiger partial charge in [0.25, 0.3) is 7.37 Å². The lowest BCUT2D eigenvalue weighted by Gasteiger charge is -2.31. The summed E-state index contributed by atoms with van der Waals surface area (Å²) < 4.78 is 30.9. The zero-order valence-corrected chi connectivity index (χ0v) is 23.1. The molecule has 39 heavy (non-hydrogen) atoms. The maximum Gasteiger partial charge on any atom is 0.407 e. The fourth-order valence-electron chi connectivity index (χ4n) is 3.69. The largest absolute Gasteiger partial charge is 0.464 e. The number of nitrogens with one attached hydrogen (secondary N) is 2. The predicted octanol–water partition coefficient (Wildman–Crippen LogP) is 4.61. The van der Waals surface area contributed by atoms with E-state index in [9.17, 15) is 18.9 Å². The van der Waals surface area contributed by atoms with Crippen LogP contribution in [0.4, 0.5) is 4.79 Å². The average molecular weight is 553 g/mol. The van der Waals surface area contributed by atoms with Crippen molar-refractivity contribution < 1.29 is 32.9 Å². The highest BCUT2D eigenvalue weighted by Crippen LogP contribution is 2.58. The molecule has 0 bridgehead atoms. The van der Waals surface area contributed by atoms with Crippen LogP contribution in [0.15, 0.2) is 84.9 Å². The van der Waals surface area contributed by atoms with Gasteiger partial charge in [0.15, 0.2) is 6.10 Å². The highest BCUT2D eigenvalue weighted by atomic mass is 31.2. The van der Waals surface area contributed by atoms with Crippen LogP contribution in [0.25, 0.3) is 0 Å². The van der Waals surface area contributed by atoms with Crippen molar-refractivity contribution in [2.24, 2.45) is 0 Å². The van der Waals surface area contributed by atoms with Crippen molar-refractivity contribution in [2.45, 2.75) is 39.3 Å². The molecule has 0 aliphatic rings. The van der Waals surface area contributed by atoms with Crippen LogP contribution in [0.1, 0.15) is 36.3 Å². The number of esters is 1. The minimum Gasteiger partial charge on any atom is -0.464 e. The van der Waals surface area contributed by atoms with Crippen molar-refractivity contribution in [3.05, 3.63) is 102 Å². The van der Waals surface area contributed by atoms with Gasteiger partial charge < -0.3 is 24.6 Å². The first kappa shape index (κ1) is 29.6. The third-order valence-corrected chi connectivity index (χ3v) is 8.44. The van der Waals surface area contributed by atoms with Crippen molar-refractivity contribution >= 4 is 30.6 Å². The molecule has 0 heterocycles. The second kappa shape index (κ2) is 14.3. The fraction of sp³-hybridized carbons (Fsp3) is 0.276. The molecule has 2 amide bonds. The molecular weight excluding hydrogens is 519 g/mol. The number of rotatable bonds is 12. The summed E-state index contributed by atoms with van der Waals surface area (Å²) in [4.78, 5) is 37.6. The lowest BCUT2D eigenvalue weighted by molar-refractivity contribution is -0.150. The quantitative estimate of drug-likeness (QED) is 0.249. The second-order valence-electron chi connectivity index (χ2n) is 8.73. The number of carbonyl (C=O) groups excluding carboxylic acids is 3. The average Bonchev–Trinajstić information content (AvgIpc) is 2.95. The van der Waals surface area contributed by atoms with Crippen molar-refractivity contribution in [1.29, 1.82) is 0 Å². The molecule has 1 unspecified atom stereocenters. The summed E-state index contributed by atoms with van der Waals surface area (Å²) in [7, 11) is -3.98. The molecule has 3 aromatic rings. The van der Waals surface area contributed by atoms with Gasteiger partial charge in [0.1, 0.15) is 18.9 Å². The summed E-state index contributed by atoms with van der Waals surface area (Å²) in [6, 6.07) is 24.6. The van der Waals surface area contributed by atoms with E-state index in [0.717, 1.165) is 11.1 Å². The van der Waals surface area contributed by atoms with Crippen LogP contribution in [0.2, 0.25) is 0 Å². The molecule has 0 saturated heterocycles. The Kier molecular flexibility index (Phi) is 10.8. The van der Waals surface area contributed by atoms with Gasteiger partial charge in [0.2, 0.25) is 5.91 Å². The van der Waals surface area contributed by atoms with E-state index in [-0.39, 0.29) is 13.2 Å². The maximum atomic E-state index is 14.7. The van der Waals surface area contributed by atoms with Crippen LogP contribution in [-0.2, 0) is 34.8 Å². The first-order chi connectivity index (χ1) is 18.7. The monoisotopic (exact) mass is 552 g/mol. The number of hydrogen-bond acceptors (Lipinski definition) is 7. The molecule has 9 nitrogen and oxygen atoms in total. The van der Waals surface area contributed by atoms with Crippen molar-refractivity contribution in [2.75, 3.05) is 13.2 Å². The summed E-state index contributed by atoms with van der Waals surface area (Å²) in [5.41, 5.74) is 2.26. The van der Waals surface area contributed by atoms with Crippen molar-refractivity contribution in [3.8, 4) is 0 Å². The smallest absolute Gasteiger partial charge is 0.407 e. The molecule has 3 aromatic carbocycles. The molecular formula is C29H33N2O7P. The molecule has 10 heteroatoms. The summed E-state index contributed by atoms with van der Waals surface area (Å²) in [5.74, 6) is -2.46. The molecule has 2 N–H and O–H groups in total. The molecule has 3 rings (SSSR count). The number of hydrogen-bond donors (Lipinski definition) is 2. The Labute approximate surface area is 228 Å². The minimum absolute atomic E-state index is 0.0447. The number of carbonyl (C=O) groups is 3. The normalized spacial score (nSPS) is 13.8. The van der Waals surface area contributed by atoms with Crippen LogP contribution in [0.5, 0.6) is 0 Å². The summed E-state index contributed by atoms with van der Waals surface area (Å²) in [5, 5.41) is 5.46. The van der Waals surface area contributed by atoms with Gasteiger partial charge in [-0.2, -0.15) is 0 Å². The molecule has 0 aromatic heterocycles. The van der Waals surface area contributed by atoms with Crippen molar-refractivity contribution in [1.82, 2.24) is 10.6 Å². The van der Waals surface area contributed by atoms with E-state index in [0.29, 0.717) is 10.9 Å². The van der Waals surface area contributed by atoms with Gasteiger partial charge in [-0.1, -0.05) is 78.4 Å². The number of ether oxygens (including phenoxy) is 2. The third kappa shape index (κ3) is 8.53. The van der Waals surface area contributed by atoms with Gasteiger partial charge in [-0.3, -0.25) is 9.36 Å². The standard InChI is InChI=1S/C29H33N2O7P/c1-4-36-28(33)22(3)38-39(35,25-13-9-6-10-14-25)27(24-17-15-21(2)16-18-24)31-26(32)19-30-29(34)37-20-23-11-7-5-8-12-23/h5-18,22,27H,4,19-20H2,1-3H3,(H,30,34)(H,31,32)/t22-,27-,39?/m0/s1. The summed E-state index contributed by atoms with van der Waals surface area (Å²) in [6.45, 7) is 4.76. The zero-order chi connectivity index (χ0) is 28.3. The van der Waals surface area contributed by atoms with E-state index >= 15 is 0 Å². The Morgan fingerprint density at radius 1 is 0.872 bits per heavy atom. The summed E-state index contributed by atoms with van der Waals surface area (Å²) in [6.07, 6.45) is -1.95. The molecule has 0 aliphatic carbocycles. The van der Waals surface area contributed by atoms with Crippen LogP contribution in [0.3, 0.4) is 0 Å². The minimum atomic E-state index is -3.98. The predicted molar refractivity (Wildman–Crippen MR) is 148 cm³/mol. The van der Waals surface area contributed by atoms with E-state index < -0.39 is 43.8 Å². The fourth-order valence-corrected chi connectivity index (χ4v) is 6.25. The van der Waals surface area contributed by atoms with E-state index in [1.54, 1.807) is 49.4 Å². The van der Waals surface area contributed by atoms with E-state index in [1.807, 2.05) is 49.4 Å². The Morgan fingerprint density at radius 2 is 1.49 bits per heavy atom. The van der Waals surface area contributed by atoms with Gasteiger partial charge in [-0.05, 0) is 44.0 Å². The number of amides is 2. The molecule has 206 valence electrons. The van der Waals surface area contributed by atoms with Gasteiger partial charge >= 0.3 is 12.1 Å². The molecule has 3 atom stereocenters. The highest BCUT2D eigenvalue weighted by molar-refractivity contribution is 7.67. The lowest BCUT2D eigenvalue weighted by Crippen LogP contribution is -2.40. The lowest BCUT2D eigenvalue weighted by atomic mass is 10.1. The summed E-state index contributed by atoms with van der Waals surface area (Å²) >= 11 is 0. The Balaban J connectivity index is 1.83. The topological polar surface area (TPSA) is 120 Å². The number of benzene rings is 3. The van der Waals surface area contributed by atoms with E-state index in [1.165, 1.54) is 6.92 Å². The van der Waals surface area contributed by atoms with E-state index in [2.05, 4.69) is 10.6 Å². The van der Waals surface area contributed by atoms with Gasteiger partial charge in [-0.25, -0.2) is 9.59 Å². The molecule has 0 saturated carbocycles. The molecule has 0 radical (unpaired) electrons. The first-order valence-electron chi connectivity index (χ1n) is 12.5. The van der Waals surface area contributed by atoms with E-state index in [4.69, 9.17) is 14.0 Å². The van der Waals surface area contributed by atoms with Crippen LogP contribution < -0.4 is 15.9 Å². The SMILES string of the molecule is CCOC(=O)[C@H](C)OP(=O)(c1ccccc1)[C@H](NC(=O)CNC(=O)OCc1ccccc1)c1ccc(C)cc1. The Morgan fingerprint density at radius 3 is 2.10 bits per heavy atom. The van der Waals surface area contributed by atoms with Gasteiger partial charge in [-0.15, -0.1) is 0 Å². The Hall–Kier alpha value is -3.94. The maximum absolute atomic E-state index is 14.7. The Bertz CT molecular complexity index is 1280. The highest BCUT2D eigenvalue weighted by Gasteiger charge is 2.41. The first-order valence-corrected chi connectivity index (χ1v) is 14.2. The second-order valence-corrected chi connectivity index (χ2v) is 11.2. The zero-order valence-electron chi connectivity index (χ0n) is 22.2. The molecule has 0 aliphatic heterocycles. The molecule has 0 spiro atoms. The van der Waals surface area contributed by atoms with Crippen LogP contribution in [-0.4, -0.2) is 37.2 Å².